The number of hydrogen-bond acceptors (Lipinski definition) is 5. The highest BCUT2D eigenvalue weighted by atomic mass is 32.1. The van der Waals surface area contributed by atoms with Crippen molar-refractivity contribution in [2.75, 3.05) is 39.8 Å². The van der Waals surface area contributed by atoms with E-state index in [9.17, 15) is 9.59 Å². The Morgan fingerprint density at radius 3 is 3.04 bits per heavy atom. The molecule has 1 aliphatic carbocycles. The van der Waals surface area contributed by atoms with Gasteiger partial charge in [-0.05, 0) is 43.9 Å². The highest BCUT2D eigenvalue weighted by molar-refractivity contribution is 7.14. The summed E-state index contributed by atoms with van der Waals surface area (Å²) in [6.45, 7) is 4.36. The number of aryl methyl sites for hydroxylation is 1. The maximum atomic E-state index is 12.9. The van der Waals surface area contributed by atoms with Gasteiger partial charge in [0.1, 0.15) is 0 Å². The molecule has 2 aliphatic rings. The molecule has 1 amide bonds. The van der Waals surface area contributed by atoms with Crippen LogP contribution in [0.25, 0.3) is 0 Å². The van der Waals surface area contributed by atoms with E-state index in [1.54, 1.807) is 23.3 Å². The van der Waals surface area contributed by atoms with E-state index < -0.39 is 5.97 Å². The molecule has 0 saturated carbocycles. The minimum atomic E-state index is -0.857. The van der Waals surface area contributed by atoms with Gasteiger partial charge in [0.25, 0.3) is 5.91 Å². The zero-order valence-corrected chi connectivity index (χ0v) is 15.7. The number of rotatable bonds is 5. The predicted molar refractivity (Wildman–Crippen MR) is 96.3 cm³/mol. The van der Waals surface area contributed by atoms with Gasteiger partial charge in [0.05, 0.1) is 24.1 Å². The van der Waals surface area contributed by atoms with Crippen LogP contribution in [0.2, 0.25) is 0 Å². The van der Waals surface area contributed by atoms with E-state index in [4.69, 9.17) is 9.84 Å². The lowest BCUT2D eigenvalue weighted by Crippen LogP contribution is -2.49. The van der Waals surface area contributed by atoms with Crippen LogP contribution in [0.1, 0.15) is 33.5 Å². The number of aliphatic carboxylic acids is 1. The summed E-state index contributed by atoms with van der Waals surface area (Å²) >= 11 is 1.64. The Hall–Kier alpha value is -1.44. The van der Waals surface area contributed by atoms with Gasteiger partial charge < -0.3 is 14.7 Å². The molecule has 2 heterocycles. The third-order valence-electron chi connectivity index (χ3n) is 4.89. The largest absolute Gasteiger partial charge is 0.480 e. The number of fused-ring (bicyclic) bond motifs is 1. The van der Waals surface area contributed by atoms with Crippen LogP contribution >= 0.6 is 11.3 Å². The molecular formula is C18H26N2O4S. The van der Waals surface area contributed by atoms with Gasteiger partial charge in [0.2, 0.25) is 0 Å². The summed E-state index contributed by atoms with van der Waals surface area (Å²) in [5.41, 5.74) is 1.35. The molecule has 0 radical (unpaired) electrons. The van der Waals surface area contributed by atoms with Gasteiger partial charge in [-0.15, -0.1) is 11.3 Å². The first-order valence-corrected chi connectivity index (χ1v) is 9.67. The number of carboxylic acid groups (broad SMARTS) is 1. The molecule has 0 spiro atoms. The van der Waals surface area contributed by atoms with E-state index in [0.29, 0.717) is 32.2 Å². The zero-order chi connectivity index (χ0) is 18.0. The van der Waals surface area contributed by atoms with Crippen LogP contribution in [0.15, 0.2) is 6.07 Å². The SMILES string of the molecule is CC1CCc2sc(C(=O)N3CCOC(CN(C)CC(=O)O)C3)cc2C1. The van der Waals surface area contributed by atoms with Gasteiger partial charge >= 0.3 is 5.97 Å². The second kappa shape index (κ2) is 7.85. The minimum absolute atomic E-state index is 0.0242. The molecule has 0 bridgehead atoms. The first-order valence-electron chi connectivity index (χ1n) is 8.85. The molecule has 25 heavy (non-hydrogen) atoms. The highest BCUT2D eigenvalue weighted by Crippen LogP contribution is 2.32. The van der Waals surface area contributed by atoms with Crippen molar-refractivity contribution in [2.24, 2.45) is 5.92 Å². The van der Waals surface area contributed by atoms with E-state index in [-0.39, 0.29) is 18.6 Å². The lowest BCUT2D eigenvalue weighted by molar-refractivity contribution is -0.138. The smallest absolute Gasteiger partial charge is 0.317 e. The van der Waals surface area contributed by atoms with Crippen LogP contribution < -0.4 is 0 Å². The maximum Gasteiger partial charge on any atom is 0.317 e. The van der Waals surface area contributed by atoms with Crippen molar-refractivity contribution in [3.05, 3.63) is 21.4 Å². The van der Waals surface area contributed by atoms with Crippen LogP contribution in [0.3, 0.4) is 0 Å². The average Bonchev–Trinajstić information content (AvgIpc) is 2.96. The van der Waals surface area contributed by atoms with Crippen molar-refractivity contribution in [2.45, 2.75) is 32.3 Å². The van der Waals surface area contributed by atoms with Crippen molar-refractivity contribution >= 4 is 23.2 Å². The monoisotopic (exact) mass is 366 g/mol. The summed E-state index contributed by atoms with van der Waals surface area (Å²) in [6, 6.07) is 2.08. The Bertz CT molecular complexity index is 645. The molecule has 7 heteroatoms. The molecular weight excluding hydrogens is 340 g/mol. The average molecular weight is 366 g/mol. The van der Waals surface area contributed by atoms with Gasteiger partial charge in [-0.25, -0.2) is 0 Å². The molecule has 0 aromatic carbocycles. The molecule has 1 N–H and O–H groups in total. The molecule has 1 aromatic heterocycles. The number of ether oxygens (including phenoxy) is 1. The Morgan fingerprint density at radius 2 is 2.28 bits per heavy atom. The Morgan fingerprint density at radius 1 is 1.48 bits per heavy atom. The second-order valence-corrected chi connectivity index (χ2v) is 8.38. The normalized spacial score (nSPS) is 23.6. The van der Waals surface area contributed by atoms with Crippen LogP contribution in [0.4, 0.5) is 0 Å². The van der Waals surface area contributed by atoms with Crippen molar-refractivity contribution in [3.63, 3.8) is 0 Å². The third kappa shape index (κ3) is 4.59. The van der Waals surface area contributed by atoms with Crippen LogP contribution in [-0.2, 0) is 22.4 Å². The minimum Gasteiger partial charge on any atom is -0.480 e. The van der Waals surface area contributed by atoms with Gasteiger partial charge in [-0.1, -0.05) is 6.92 Å². The molecule has 1 aromatic rings. The van der Waals surface area contributed by atoms with E-state index in [1.807, 2.05) is 4.90 Å². The molecule has 2 atom stereocenters. The van der Waals surface area contributed by atoms with E-state index >= 15 is 0 Å². The van der Waals surface area contributed by atoms with Crippen molar-refractivity contribution in [1.82, 2.24) is 9.80 Å². The Labute approximate surface area is 152 Å². The first kappa shape index (κ1) is 18.4. The van der Waals surface area contributed by atoms with Gasteiger partial charge in [-0.3, -0.25) is 14.5 Å². The number of carbonyl (C=O) groups excluding carboxylic acids is 1. The predicted octanol–water partition coefficient (Wildman–Crippen LogP) is 1.73. The van der Waals surface area contributed by atoms with Gasteiger partial charge in [-0.2, -0.15) is 0 Å². The number of carboxylic acids is 1. The number of morpholine rings is 1. The fourth-order valence-electron chi connectivity index (χ4n) is 3.62. The summed E-state index contributed by atoms with van der Waals surface area (Å²) in [6.07, 6.45) is 3.22. The number of carbonyl (C=O) groups is 2. The lowest BCUT2D eigenvalue weighted by Gasteiger charge is -2.34. The van der Waals surface area contributed by atoms with Crippen molar-refractivity contribution in [3.8, 4) is 0 Å². The molecule has 2 unspecified atom stereocenters. The highest BCUT2D eigenvalue weighted by Gasteiger charge is 2.28. The van der Waals surface area contributed by atoms with E-state index in [2.05, 4.69) is 13.0 Å². The van der Waals surface area contributed by atoms with E-state index in [0.717, 1.165) is 17.7 Å². The van der Waals surface area contributed by atoms with Crippen LogP contribution in [-0.4, -0.2) is 72.7 Å². The number of likely N-dealkylation sites (N-methyl/N-ethyl adjacent to an activating group) is 1. The fraction of sp³-hybridized carbons (Fsp3) is 0.667. The topological polar surface area (TPSA) is 70.1 Å². The van der Waals surface area contributed by atoms with Crippen molar-refractivity contribution in [1.29, 1.82) is 0 Å². The molecule has 1 saturated heterocycles. The maximum absolute atomic E-state index is 12.9. The second-order valence-electron chi connectivity index (χ2n) is 7.24. The van der Waals surface area contributed by atoms with Gasteiger partial charge in [0, 0.05) is 24.5 Å². The molecule has 1 aliphatic heterocycles. The summed E-state index contributed by atoms with van der Waals surface area (Å²) in [4.78, 5) is 29.4. The summed E-state index contributed by atoms with van der Waals surface area (Å²) < 4.78 is 5.72. The molecule has 138 valence electrons. The standard InChI is InChI=1S/C18H26N2O4S/c1-12-3-4-15-13(7-12)8-16(25-15)18(23)20-5-6-24-14(10-20)9-19(2)11-17(21)22/h8,12,14H,3-7,9-11H2,1-2H3,(H,21,22). The molecule has 6 nitrogen and oxygen atoms in total. The van der Waals surface area contributed by atoms with E-state index in [1.165, 1.54) is 16.9 Å². The summed E-state index contributed by atoms with van der Waals surface area (Å²) in [7, 11) is 1.76. The summed E-state index contributed by atoms with van der Waals surface area (Å²) in [5.74, 6) is -0.0755. The van der Waals surface area contributed by atoms with Gasteiger partial charge in [0.15, 0.2) is 0 Å². The number of hydrogen-bond donors (Lipinski definition) is 1. The third-order valence-corrected chi connectivity index (χ3v) is 6.11. The lowest BCUT2D eigenvalue weighted by atomic mass is 9.90. The number of thiophene rings is 1. The van der Waals surface area contributed by atoms with Crippen molar-refractivity contribution < 1.29 is 19.4 Å². The number of amides is 1. The van der Waals surface area contributed by atoms with Crippen LogP contribution in [0.5, 0.6) is 0 Å². The fourth-order valence-corrected chi connectivity index (χ4v) is 4.80. The zero-order valence-electron chi connectivity index (χ0n) is 14.9. The molecule has 3 rings (SSSR count). The Balaban J connectivity index is 1.61. The number of nitrogens with zero attached hydrogens (tertiary/aromatic N) is 2. The first-order chi connectivity index (χ1) is 11.9. The quantitative estimate of drug-likeness (QED) is 0.859. The Kier molecular flexibility index (Phi) is 5.76. The van der Waals surface area contributed by atoms with Crippen LogP contribution in [0, 0.1) is 5.92 Å². The molecule has 1 fully saturated rings. The summed E-state index contributed by atoms with van der Waals surface area (Å²) in [5, 5.41) is 8.86.